The molecule has 1 atom stereocenters. The molecule has 3 rings (SSSR count). The Labute approximate surface area is 209 Å². The van der Waals surface area contributed by atoms with Gasteiger partial charge in [-0.15, -0.1) is 24.0 Å². The van der Waals surface area contributed by atoms with Crippen LogP contribution < -0.4 is 10.6 Å². The summed E-state index contributed by atoms with van der Waals surface area (Å²) in [4.78, 5) is 6.83. The van der Waals surface area contributed by atoms with Gasteiger partial charge >= 0.3 is 0 Å². The van der Waals surface area contributed by atoms with E-state index in [0.717, 1.165) is 51.9 Å². The van der Waals surface area contributed by atoms with Gasteiger partial charge in [0, 0.05) is 39.8 Å². The summed E-state index contributed by atoms with van der Waals surface area (Å²) in [5.41, 5.74) is 3.86. The largest absolute Gasteiger partial charge is 0.379 e. The fraction of sp³-hybridized carbons (Fsp3) is 0.480. The van der Waals surface area contributed by atoms with Crippen LogP contribution in [0.4, 0.5) is 0 Å². The maximum Gasteiger partial charge on any atom is 0.191 e. The van der Waals surface area contributed by atoms with Crippen molar-refractivity contribution in [3.63, 3.8) is 0 Å². The van der Waals surface area contributed by atoms with Crippen LogP contribution in [0.2, 0.25) is 0 Å². The van der Waals surface area contributed by atoms with E-state index >= 15 is 0 Å². The maximum atomic E-state index is 5.85. The smallest absolute Gasteiger partial charge is 0.191 e. The van der Waals surface area contributed by atoms with Gasteiger partial charge in [0.2, 0.25) is 0 Å². The summed E-state index contributed by atoms with van der Waals surface area (Å²) in [5.74, 6) is 1.20. The van der Waals surface area contributed by atoms with Crippen molar-refractivity contribution in [2.45, 2.75) is 26.6 Å². The molecular formula is C25H37IN4O2. The van der Waals surface area contributed by atoms with Crippen molar-refractivity contribution in [2.75, 3.05) is 46.5 Å². The third-order valence-corrected chi connectivity index (χ3v) is 5.42. The quantitative estimate of drug-likeness (QED) is 0.268. The Kier molecular flexibility index (Phi) is 12.6. The van der Waals surface area contributed by atoms with Crippen LogP contribution in [0.1, 0.15) is 23.6 Å². The fourth-order valence-corrected chi connectivity index (χ4v) is 3.57. The van der Waals surface area contributed by atoms with Gasteiger partial charge in [0.25, 0.3) is 0 Å². The van der Waals surface area contributed by atoms with Crippen LogP contribution >= 0.6 is 24.0 Å². The summed E-state index contributed by atoms with van der Waals surface area (Å²) in [6, 6.07) is 18.9. The van der Waals surface area contributed by atoms with Crippen LogP contribution in [0.15, 0.2) is 59.6 Å². The lowest BCUT2D eigenvalue weighted by atomic mass is 10.1. The van der Waals surface area contributed by atoms with E-state index < -0.39 is 0 Å². The second kappa shape index (κ2) is 15.2. The number of nitrogens with one attached hydrogen (secondary N) is 2. The highest BCUT2D eigenvalue weighted by molar-refractivity contribution is 14.0. The lowest BCUT2D eigenvalue weighted by molar-refractivity contribution is 0.0341. The Hall–Kier alpha value is -1.68. The van der Waals surface area contributed by atoms with E-state index in [4.69, 9.17) is 9.47 Å². The van der Waals surface area contributed by atoms with Gasteiger partial charge in [-0.05, 0) is 22.6 Å². The van der Waals surface area contributed by atoms with E-state index in [-0.39, 0.29) is 24.0 Å². The van der Waals surface area contributed by atoms with Gasteiger partial charge in [-0.3, -0.25) is 9.89 Å². The molecule has 1 unspecified atom stereocenters. The number of hydrogen-bond donors (Lipinski definition) is 2. The van der Waals surface area contributed by atoms with Gasteiger partial charge in [0.15, 0.2) is 5.96 Å². The molecule has 1 fully saturated rings. The van der Waals surface area contributed by atoms with Crippen molar-refractivity contribution in [1.29, 1.82) is 0 Å². The Morgan fingerprint density at radius 3 is 2.44 bits per heavy atom. The zero-order valence-electron chi connectivity index (χ0n) is 19.3. The van der Waals surface area contributed by atoms with Crippen LogP contribution in [0, 0.1) is 5.92 Å². The number of halogens is 1. The van der Waals surface area contributed by atoms with E-state index in [1.165, 1.54) is 16.7 Å². The molecule has 1 heterocycles. The average Bonchev–Trinajstić information content (AvgIpc) is 2.81. The summed E-state index contributed by atoms with van der Waals surface area (Å²) < 4.78 is 11.3. The number of rotatable bonds is 10. The highest BCUT2D eigenvalue weighted by Crippen LogP contribution is 2.13. The third kappa shape index (κ3) is 9.44. The molecule has 1 saturated heterocycles. The van der Waals surface area contributed by atoms with Crippen molar-refractivity contribution in [3.8, 4) is 0 Å². The highest BCUT2D eigenvalue weighted by atomic mass is 127. The van der Waals surface area contributed by atoms with E-state index in [2.05, 4.69) is 63.8 Å². The predicted octanol–water partition coefficient (Wildman–Crippen LogP) is 3.65. The molecule has 0 saturated carbocycles. The molecule has 2 N–H and O–H groups in total. The van der Waals surface area contributed by atoms with Gasteiger partial charge in [0.1, 0.15) is 0 Å². The van der Waals surface area contributed by atoms with Gasteiger partial charge in [-0.2, -0.15) is 0 Å². The average molecular weight is 553 g/mol. The summed E-state index contributed by atoms with van der Waals surface area (Å²) in [5, 5.41) is 6.88. The molecule has 1 aliphatic rings. The molecule has 6 nitrogen and oxygen atoms in total. The third-order valence-electron chi connectivity index (χ3n) is 5.42. The van der Waals surface area contributed by atoms with Crippen LogP contribution in [0.25, 0.3) is 0 Å². The fourth-order valence-electron chi connectivity index (χ4n) is 3.57. The van der Waals surface area contributed by atoms with Crippen molar-refractivity contribution >= 4 is 29.9 Å². The molecule has 32 heavy (non-hydrogen) atoms. The summed E-state index contributed by atoms with van der Waals surface area (Å²) in [6.45, 7) is 9.70. The number of nitrogens with zero attached hydrogens (tertiary/aromatic N) is 2. The molecule has 2 aromatic carbocycles. The van der Waals surface area contributed by atoms with Gasteiger partial charge in [0.05, 0.1) is 26.4 Å². The number of ether oxygens (including phenoxy) is 2. The highest BCUT2D eigenvalue weighted by Gasteiger charge is 2.13. The molecule has 0 aromatic heterocycles. The first-order chi connectivity index (χ1) is 15.2. The Balaban J connectivity index is 0.00000363. The number of aliphatic imine (C=N–C) groups is 1. The van der Waals surface area contributed by atoms with Gasteiger partial charge < -0.3 is 20.1 Å². The van der Waals surface area contributed by atoms with E-state index in [1.807, 2.05) is 25.2 Å². The van der Waals surface area contributed by atoms with Crippen LogP contribution in [-0.4, -0.2) is 57.4 Å². The zero-order valence-corrected chi connectivity index (χ0v) is 21.6. The summed E-state index contributed by atoms with van der Waals surface area (Å²) >= 11 is 0. The SMILES string of the molecule is CN=C(NCc1ccccc1CN1CCOCC1)NCC(C)COCc1ccccc1.I. The Morgan fingerprint density at radius 2 is 1.72 bits per heavy atom. The lowest BCUT2D eigenvalue weighted by Crippen LogP contribution is -2.40. The second-order valence-corrected chi connectivity index (χ2v) is 8.07. The van der Waals surface area contributed by atoms with E-state index in [0.29, 0.717) is 19.1 Å². The van der Waals surface area contributed by atoms with Crippen molar-refractivity contribution in [1.82, 2.24) is 15.5 Å². The van der Waals surface area contributed by atoms with Crippen LogP contribution in [0.3, 0.4) is 0 Å². The minimum atomic E-state index is 0. The molecule has 7 heteroatoms. The first-order valence-corrected chi connectivity index (χ1v) is 11.2. The molecule has 2 aromatic rings. The van der Waals surface area contributed by atoms with Gasteiger partial charge in [-0.25, -0.2) is 0 Å². The first-order valence-electron chi connectivity index (χ1n) is 11.2. The number of benzene rings is 2. The molecule has 0 bridgehead atoms. The number of morpholine rings is 1. The Morgan fingerprint density at radius 1 is 1.03 bits per heavy atom. The summed E-state index contributed by atoms with van der Waals surface area (Å²) in [6.07, 6.45) is 0. The molecular weight excluding hydrogens is 515 g/mol. The first kappa shape index (κ1) is 26.6. The monoisotopic (exact) mass is 552 g/mol. The second-order valence-electron chi connectivity index (χ2n) is 8.07. The molecule has 0 radical (unpaired) electrons. The standard InChI is InChI=1S/C25H36N4O2.HI/c1-21(19-31-20-22-8-4-3-5-9-22)16-27-25(26-2)28-17-23-10-6-7-11-24(23)18-29-12-14-30-15-13-29;/h3-11,21H,12-20H2,1-2H3,(H2,26,27,28);1H. The normalized spacial score (nSPS) is 15.6. The minimum absolute atomic E-state index is 0. The predicted molar refractivity (Wildman–Crippen MR) is 141 cm³/mol. The van der Waals surface area contributed by atoms with Crippen molar-refractivity contribution in [2.24, 2.45) is 10.9 Å². The maximum absolute atomic E-state index is 5.85. The molecule has 1 aliphatic heterocycles. The molecule has 0 aliphatic carbocycles. The number of guanidine groups is 1. The van der Waals surface area contributed by atoms with E-state index in [1.54, 1.807) is 0 Å². The van der Waals surface area contributed by atoms with E-state index in [9.17, 15) is 0 Å². The molecule has 0 spiro atoms. The molecule has 176 valence electrons. The summed E-state index contributed by atoms with van der Waals surface area (Å²) in [7, 11) is 1.81. The molecule has 0 amide bonds. The topological polar surface area (TPSA) is 58.1 Å². The lowest BCUT2D eigenvalue weighted by Gasteiger charge is -2.27. The Bertz CT molecular complexity index is 798. The van der Waals surface area contributed by atoms with Crippen LogP contribution in [0.5, 0.6) is 0 Å². The number of hydrogen-bond acceptors (Lipinski definition) is 4. The van der Waals surface area contributed by atoms with Crippen molar-refractivity contribution < 1.29 is 9.47 Å². The van der Waals surface area contributed by atoms with Crippen LogP contribution in [-0.2, 0) is 29.2 Å². The zero-order chi connectivity index (χ0) is 21.7. The van der Waals surface area contributed by atoms with Crippen molar-refractivity contribution in [3.05, 3.63) is 71.3 Å². The minimum Gasteiger partial charge on any atom is -0.379 e. The van der Waals surface area contributed by atoms with Gasteiger partial charge in [-0.1, -0.05) is 61.5 Å².